The predicted molar refractivity (Wildman–Crippen MR) is 87.4 cm³/mol. The summed E-state index contributed by atoms with van der Waals surface area (Å²) in [5.41, 5.74) is 0. The van der Waals surface area contributed by atoms with E-state index in [1.807, 2.05) is 11.3 Å². The summed E-state index contributed by atoms with van der Waals surface area (Å²) in [5.74, 6) is 0.967. The molecule has 112 valence electrons. The summed E-state index contributed by atoms with van der Waals surface area (Å²) in [6.45, 7) is 3.57. The standard InChI is InChI=1S/C17H28N2S/c1-13(10-16-7-5-9-20-16)19(2)12-15-11-14-6-3-4-8-17(14)18-15/h5,7,9,13-15,17-18H,3-4,6,8,10-12H2,1-2H3. The van der Waals surface area contributed by atoms with E-state index in [1.54, 1.807) is 0 Å². The fourth-order valence-electron chi connectivity index (χ4n) is 3.98. The van der Waals surface area contributed by atoms with Gasteiger partial charge in [0.1, 0.15) is 0 Å². The minimum atomic E-state index is 0.637. The van der Waals surface area contributed by atoms with E-state index < -0.39 is 0 Å². The number of fused-ring (bicyclic) bond motifs is 1. The second kappa shape index (κ2) is 6.59. The maximum absolute atomic E-state index is 3.90. The highest BCUT2D eigenvalue weighted by atomic mass is 32.1. The highest BCUT2D eigenvalue weighted by molar-refractivity contribution is 7.09. The van der Waals surface area contributed by atoms with Gasteiger partial charge in [-0.3, -0.25) is 0 Å². The molecule has 3 rings (SSSR count). The van der Waals surface area contributed by atoms with Crippen LogP contribution in [-0.4, -0.2) is 36.6 Å². The average Bonchev–Trinajstić information content (AvgIpc) is 3.06. The zero-order chi connectivity index (χ0) is 13.9. The van der Waals surface area contributed by atoms with Crippen LogP contribution in [0.2, 0.25) is 0 Å². The number of rotatable bonds is 5. The van der Waals surface area contributed by atoms with Gasteiger partial charge >= 0.3 is 0 Å². The third-order valence-electron chi connectivity index (χ3n) is 5.28. The van der Waals surface area contributed by atoms with Crippen LogP contribution in [0, 0.1) is 5.92 Å². The second-order valence-corrected chi connectivity index (χ2v) is 7.85. The van der Waals surface area contributed by atoms with E-state index in [1.165, 1.54) is 49.9 Å². The second-order valence-electron chi connectivity index (χ2n) is 6.82. The lowest BCUT2D eigenvalue weighted by molar-refractivity contribution is 0.232. The molecule has 1 saturated carbocycles. The quantitative estimate of drug-likeness (QED) is 0.893. The maximum atomic E-state index is 3.90. The molecule has 4 atom stereocenters. The van der Waals surface area contributed by atoms with Gasteiger partial charge in [0.25, 0.3) is 0 Å². The molecule has 20 heavy (non-hydrogen) atoms. The monoisotopic (exact) mass is 292 g/mol. The molecule has 2 aliphatic rings. The summed E-state index contributed by atoms with van der Waals surface area (Å²) in [5, 5.41) is 6.08. The molecule has 2 nitrogen and oxygen atoms in total. The molecule has 0 aromatic carbocycles. The number of likely N-dealkylation sites (N-methyl/N-ethyl adjacent to an activating group) is 1. The minimum absolute atomic E-state index is 0.637. The number of hydrogen-bond donors (Lipinski definition) is 1. The molecule has 3 heteroatoms. The summed E-state index contributed by atoms with van der Waals surface area (Å²) >= 11 is 1.89. The van der Waals surface area contributed by atoms with E-state index in [2.05, 4.69) is 41.7 Å². The van der Waals surface area contributed by atoms with Crippen molar-refractivity contribution < 1.29 is 0 Å². The smallest absolute Gasteiger partial charge is 0.0200 e. The van der Waals surface area contributed by atoms with Gasteiger partial charge < -0.3 is 10.2 Å². The van der Waals surface area contributed by atoms with Crippen molar-refractivity contribution >= 4 is 11.3 Å². The van der Waals surface area contributed by atoms with Crippen molar-refractivity contribution in [1.29, 1.82) is 0 Å². The van der Waals surface area contributed by atoms with Gasteiger partial charge in [0.2, 0.25) is 0 Å². The minimum Gasteiger partial charge on any atom is -0.310 e. The van der Waals surface area contributed by atoms with Crippen LogP contribution in [0.25, 0.3) is 0 Å². The molecular weight excluding hydrogens is 264 g/mol. The molecule has 1 aliphatic heterocycles. The van der Waals surface area contributed by atoms with Crippen LogP contribution < -0.4 is 5.32 Å². The third kappa shape index (κ3) is 3.44. The van der Waals surface area contributed by atoms with Crippen molar-refractivity contribution in [2.75, 3.05) is 13.6 Å². The van der Waals surface area contributed by atoms with Gasteiger partial charge in [-0.1, -0.05) is 18.9 Å². The zero-order valence-electron chi connectivity index (χ0n) is 12.8. The lowest BCUT2D eigenvalue weighted by atomic mass is 9.85. The summed E-state index contributed by atoms with van der Waals surface area (Å²) in [7, 11) is 2.29. The molecule has 0 radical (unpaired) electrons. The highest BCUT2D eigenvalue weighted by Gasteiger charge is 2.35. The summed E-state index contributed by atoms with van der Waals surface area (Å²) in [6.07, 6.45) is 8.36. The molecule has 4 unspecified atom stereocenters. The van der Waals surface area contributed by atoms with Gasteiger partial charge in [-0.05, 0) is 57.0 Å². The molecule has 2 fully saturated rings. The molecule has 1 N–H and O–H groups in total. The van der Waals surface area contributed by atoms with Gasteiger partial charge in [-0.25, -0.2) is 0 Å². The van der Waals surface area contributed by atoms with E-state index in [9.17, 15) is 0 Å². The number of nitrogens with zero attached hydrogens (tertiary/aromatic N) is 1. The van der Waals surface area contributed by atoms with Crippen LogP contribution in [0.15, 0.2) is 17.5 Å². The number of nitrogens with one attached hydrogen (secondary N) is 1. The van der Waals surface area contributed by atoms with Crippen LogP contribution >= 0.6 is 11.3 Å². The normalized spacial score (nSPS) is 31.4. The summed E-state index contributed by atoms with van der Waals surface area (Å²) in [4.78, 5) is 4.06. The van der Waals surface area contributed by atoms with Crippen molar-refractivity contribution in [2.45, 2.75) is 63.6 Å². The van der Waals surface area contributed by atoms with E-state index in [-0.39, 0.29) is 0 Å². The van der Waals surface area contributed by atoms with Gasteiger partial charge in [-0.15, -0.1) is 11.3 Å². The Balaban J connectivity index is 1.47. The fraction of sp³-hybridized carbons (Fsp3) is 0.765. The van der Waals surface area contributed by atoms with Crippen LogP contribution in [0.1, 0.15) is 43.9 Å². The first-order valence-electron chi connectivity index (χ1n) is 8.21. The Morgan fingerprint density at radius 2 is 2.25 bits per heavy atom. The first-order chi connectivity index (χ1) is 9.72. The molecular formula is C17H28N2S. The van der Waals surface area contributed by atoms with E-state index in [0.717, 1.165) is 18.0 Å². The molecule has 1 aliphatic carbocycles. The highest BCUT2D eigenvalue weighted by Crippen LogP contribution is 2.33. The number of hydrogen-bond acceptors (Lipinski definition) is 3. The van der Waals surface area contributed by atoms with Crippen LogP contribution in [0.4, 0.5) is 0 Å². The SMILES string of the molecule is CC(Cc1cccs1)N(C)CC1CC2CCCCC2N1. The molecule has 2 heterocycles. The molecule has 1 saturated heterocycles. The van der Waals surface area contributed by atoms with Gasteiger partial charge in [0.05, 0.1) is 0 Å². The summed E-state index contributed by atoms with van der Waals surface area (Å²) < 4.78 is 0. The van der Waals surface area contributed by atoms with Gasteiger partial charge in [0, 0.05) is 29.5 Å². The molecule has 1 aromatic rings. The topological polar surface area (TPSA) is 15.3 Å². The van der Waals surface area contributed by atoms with Crippen molar-refractivity contribution in [3.8, 4) is 0 Å². The van der Waals surface area contributed by atoms with Crippen LogP contribution in [0.3, 0.4) is 0 Å². The molecule has 0 amide bonds. The van der Waals surface area contributed by atoms with Crippen molar-refractivity contribution in [2.24, 2.45) is 5.92 Å². The fourth-order valence-corrected chi connectivity index (χ4v) is 4.80. The van der Waals surface area contributed by atoms with Crippen LogP contribution in [0.5, 0.6) is 0 Å². The van der Waals surface area contributed by atoms with E-state index >= 15 is 0 Å². The van der Waals surface area contributed by atoms with E-state index in [0.29, 0.717) is 6.04 Å². The average molecular weight is 292 g/mol. The Morgan fingerprint density at radius 3 is 3.00 bits per heavy atom. The Morgan fingerprint density at radius 1 is 1.40 bits per heavy atom. The first kappa shape index (κ1) is 14.6. The van der Waals surface area contributed by atoms with Gasteiger partial charge in [0.15, 0.2) is 0 Å². The predicted octanol–water partition coefficient (Wildman–Crippen LogP) is 3.53. The first-order valence-corrected chi connectivity index (χ1v) is 9.09. The lowest BCUT2D eigenvalue weighted by Gasteiger charge is -2.27. The maximum Gasteiger partial charge on any atom is 0.0200 e. The number of thiophene rings is 1. The summed E-state index contributed by atoms with van der Waals surface area (Å²) in [6, 6.07) is 6.61. The third-order valence-corrected chi connectivity index (χ3v) is 6.18. The zero-order valence-corrected chi connectivity index (χ0v) is 13.7. The van der Waals surface area contributed by atoms with Gasteiger partial charge in [-0.2, -0.15) is 0 Å². The van der Waals surface area contributed by atoms with Crippen LogP contribution in [-0.2, 0) is 6.42 Å². The van der Waals surface area contributed by atoms with Crippen molar-refractivity contribution in [1.82, 2.24) is 10.2 Å². The molecule has 1 aromatic heterocycles. The van der Waals surface area contributed by atoms with Crippen molar-refractivity contribution in [3.05, 3.63) is 22.4 Å². The Kier molecular flexibility index (Phi) is 4.79. The molecule has 0 bridgehead atoms. The Bertz CT molecular complexity index is 389. The van der Waals surface area contributed by atoms with E-state index in [4.69, 9.17) is 0 Å². The largest absolute Gasteiger partial charge is 0.310 e. The Hall–Kier alpha value is -0.380. The lowest BCUT2D eigenvalue weighted by Crippen LogP contribution is -2.42. The van der Waals surface area contributed by atoms with Crippen molar-refractivity contribution in [3.63, 3.8) is 0 Å². The molecule has 0 spiro atoms. The Labute approximate surface area is 127 Å².